The molecule has 0 bridgehead atoms. The largest absolute Gasteiger partial charge is 0.381 e. The van der Waals surface area contributed by atoms with Crippen molar-refractivity contribution in [3.63, 3.8) is 0 Å². The number of sulfonamides is 1. The number of hydrogen-bond donors (Lipinski definition) is 0. The minimum atomic E-state index is -3.58. The zero-order chi connectivity index (χ0) is 25.9. The Balaban J connectivity index is 1.49. The second-order valence-corrected chi connectivity index (χ2v) is 13.4. The lowest BCUT2D eigenvalue weighted by Gasteiger charge is -2.43. The molecule has 3 aliphatic rings. The minimum absolute atomic E-state index is 0.0148. The topological polar surface area (TPSA) is 67.7 Å². The molecular weight excluding hydrogens is 555 g/mol. The van der Waals surface area contributed by atoms with E-state index in [1.807, 2.05) is 12.1 Å². The maximum absolute atomic E-state index is 13.5. The number of fused-ring (bicyclic) bond motifs is 1. The molecule has 0 spiro atoms. The number of ether oxygens (including phenoxy) is 1. The molecule has 0 N–H and O–H groups in total. The first-order valence-electron chi connectivity index (χ1n) is 12.4. The van der Waals surface area contributed by atoms with Crippen molar-refractivity contribution in [3.8, 4) is 16.9 Å². The Kier molecular flexibility index (Phi) is 6.70. The van der Waals surface area contributed by atoms with Crippen molar-refractivity contribution in [1.29, 1.82) is 0 Å². The Morgan fingerprint density at radius 3 is 2.24 bits per heavy atom. The third-order valence-corrected chi connectivity index (χ3v) is 10.4. The van der Waals surface area contributed by atoms with Crippen molar-refractivity contribution in [2.75, 3.05) is 43.4 Å². The summed E-state index contributed by atoms with van der Waals surface area (Å²) in [5.41, 5.74) is 3.36. The Hall–Kier alpha value is -1.81. The quantitative estimate of drug-likeness (QED) is 0.397. The van der Waals surface area contributed by atoms with Crippen LogP contribution in [0.5, 0.6) is 0 Å². The van der Waals surface area contributed by atoms with Gasteiger partial charge in [-0.05, 0) is 62.2 Å². The number of anilines is 1. The van der Waals surface area contributed by atoms with Gasteiger partial charge in [0.05, 0.1) is 41.4 Å². The zero-order valence-electron chi connectivity index (χ0n) is 20.3. The van der Waals surface area contributed by atoms with Gasteiger partial charge in [-0.2, -0.15) is 5.10 Å². The number of hydrogen-bond acceptors (Lipinski definition) is 5. The molecule has 11 heteroatoms. The smallest absolute Gasteiger partial charge is 0.236 e. The van der Waals surface area contributed by atoms with E-state index in [0.29, 0.717) is 44.0 Å². The summed E-state index contributed by atoms with van der Waals surface area (Å²) in [4.78, 5) is 2.28. The van der Waals surface area contributed by atoms with Gasteiger partial charge in [-0.15, -0.1) is 0 Å². The van der Waals surface area contributed by atoms with Gasteiger partial charge < -0.3 is 4.74 Å². The molecule has 0 aliphatic carbocycles. The second kappa shape index (κ2) is 9.74. The fourth-order valence-electron chi connectivity index (χ4n) is 5.69. The molecule has 2 fully saturated rings. The van der Waals surface area contributed by atoms with Crippen molar-refractivity contribution >= 4 is 50.5 Å². The number of benzene rings is 2. The molecule has 0 saturated carbocycles. The van der Waals surface area contributed by atoms with Crippen LogP contribution in [0.3, 0.4) is 0 Å². The van der Waals surface area contributed by atoms with Crippen LogP contribution in [0.4, 0.5) is 5.69 Å². The average Bonchev–Trinajstić information content (AvgIpc) is 3.22. The highest BCUT2D eigenvalue weighted by molar-refractivity contribution is 7.92. The molecule has 3 aromatic rings. The zero-order valence-corrected chi connectivity index (χ0v) is 23.4. The Labute approximate surface area is 231 Å². The van der Waals surface area contributed by atoms with Crippen LogP contribution in [0, 0.1) is 11.8 Å². The summed E-state index contributed by atoms with van der Waals surface area (Å²) in [5, 5.41) is 6.58. The molecule has 3 aliphatic heterocycles. The standard InChI is InChI=1S/C26H27Cl3N4O3S/c1-31-26-24(23(15-37(31,34)35)32-10-8-16(9-11-32)18-13-36-14-18)30-33(22-7-6-20(28)12-21(22)29)25(26)17-2-4-19(27)5-3-17/h2-7,12,16,18,23H,8-11,13-15H2,1H3. The van der Waals surface area contributed by atoms with E-state index < -0.39 is 10.0 Å². The van der Waals surface area contributed by atoms with Crippen LogP contribution in [0.1, 0.15) is 24.6 Å². The van der Waals surface area contributed by atoms with Crippen LogP contribution < -0.4 is 4.31 Å². The van der Waals surface area contributed by atoms with Gasteiger partial charge in [-0.25, -0.2) is 13.1 Å². The van der Waals surface area contributed by atoms with E-state index in [1.165, 1.54) is 4.31 Å². The van der Waals surface area contributed by atoms with E-state index in [-0.39, 0.29) is 11.8 Å². The Morgan fingerprint density at radius 1 is 0.946 bits per heavy atom. The van der Waals surface area contributed by atoms with Gasteiger partial charge in [0.1, 0.15) is 11.4 Å². The van der Waals surface area contributed by atoms with Crippen molar-refractivity contribution < 1.29 is 13.2 Å². The van der Waals surface area contributed by atoms with Crippen molar-refractivity contribution in [3.05, 3.63) is 63.2 Å². The van der Waals surface area contributed by atoms with E-state index >= 15 is 0 Å². The van der Waals surface area contributed by atoms with Crippen LogP contribution in [0.15, 0.2) is 42.5 Å². The molecule has 0 radical (unpaired) electrons. The maximum atomic E-state index is 13.5. The summed E-state index contributed by atoms with van der Waals surface area (Å²) < 4.78 is 35.5. The lowest BCUT2D eigenvalue weighted by atomic mass is 9.83. The van der Waals surface area contributed by atoms with E-state index in [1.54, 1.807) is 42.1 Å². The molecule has 2 aromatic carbocycles. The highest BCUT2D eigenvalue weighted by atomic mass is 35.5. The van der Waals surface area contributed by atoms with Gasteiger partial charge in [0.15, 0.2) is 0 Å². The summed E-state index contributed by atoms with van der Waals surface area (Å²) in [7, 11) is -1.98. The van der Waals surface area contributed by atoms with Gasteiger partial charge >= 0.3 is 0 Å². The first-order chi connectivity index (χ1) is 17.7. The van der Waals surface area contributed by atoms with Crippen LogP contribution in [-0.4, -0.2) is 62.2 Å². The molecule has 4 heterocycles. The third kappa shape index (κ3) is 4.56. The highest BCUT2D eigenvalue weighted by Crippen LogP contribution is 2.46. The molecule has 196 valence electrons. The highest BCUT2D eigenvalue weighted by Gasteiger charge is 2.44. The fraction of sp³-hybridized carbons (Fsp3) is 0.423. The molecule has 2 saturated heterocycles. The monoisotopic (exact) mass is 580 g/mol. The van der Waals surface area contributed by atoms with Crippen LogP contribution in [0.25, 0.3) is 16.9 Å². The van der Waals surface area contributed by atoms with E-state index in [9.17, 15) is 8.42 Å². The normalized spacial score (nSPS) is 22.6. The average molecular weight is 582 g/mol. The molecule has 37 heavy (non-hydrogen) atoms. The van der Waals surface area contributed by atoms with Crippen LogP contribution in [0.2, 0.25) is 15.1 Å². The predicted octanol–water partition coefficient (Wildman–Crippen LogP) is 5.68. The summed E-state index contributed by atoms with van der Waals surface area (Å²) in [6.07, 6.45) is 2.06. The fourth-order valence-corrected chi connectivity index (χ4v) is 7.76. The maximum Gasteiger partial charge on any atom is 0.236 e. The third-order valence-electron chi connectivity index (χ3n) is 7.90. The number of piperidine rings is 1. The van der Waals surface area contributed by atoms with Crippen LogP contribution in [-0.2, 0) is 14.8 Å². The summed E-state index contributed by atoms with van der Waals surface area (Å²) in [6, 6.07) is 12.2. The molecule has 1 unspecified atom stereocenters. The molecule has 1 atom stereocenters. The van der Waals surface area contributed by atoms with Gasteiger partial charge in [0, 0.05) is 28.6 Å². The number of nitrogens with zero attached hydrogens (tertiary/aromatic N) is 4. The van der Waals surface area contributed by atoms with Crippen molar-refractivity contribution in [2.24, 2.45) is 11.8 Å². The minimum Gasteiger partial charge on any atom is -0.381 e. The summed E-state index contributed by atoms with van der Waals surface area (Å²) in [5.74, 6) is 1.24. The van der Waals surface area contributed by atoms with Gasteiger partial charge in [0.25, 0.3) is 0 Å². The first kappa shape index (κ1) is 25.5. The predicted molar refractivity (Wildman–Crippen MR) is 148 cm³/mol. The molecular formula is C26H27Cl3N4O3S. The number of aromatic nitrogens is 2. The summed E-state index contributed by atoms with van der Waals surface area (Å²) in [6.45, 7) is 3.34. The Morgan fingerprint density at radius 2 is 1.62 bits per heavy atom. The van der Waals surface area contributed by atoms with Crippen LogP contribution >= 0.6 is 34.8 Å². The number of rotatable bonds is 4. The number of halogens is 3. The molecule has 7 nitrogen and oxygen atoms in total. The summed E-state index contributed by atoms with van der Waals surface area (Å²) >= 11 is 19.0. The Bertz CT molecular complexity index is 1430. The second-order valence-electron chi connectivity index (χ2n) is 10.0. The van der Waals surface area contributed by atoms with Crippen molar-refractivity contribution in [2.45, 2.75) is 18.9 Å². The SMILES string of the molecule is CN1c2c(nn(-c3ccc(Cl)cc3Cl)c2-c2ccc(Cl)cc2)C(N2CCC(C3COC3)CC2)CS1(=O)=O. The lowest BCUT2D eigenvalue weighted by Crippen LogP contribution is -2.47. The van der Waals surface area contributed by atoms with Crippen molar-refractivity contribution in [1.82, 2.24) is 14.7 Å². The molecule has 0 amide bonds. The lowest BCUT2D eigenvalue weighted by molar-refractivity contribution is -0.0740. The van der Waals surface area contributed by atoms with Gasteiger partial charge in [-0.3, -0.25) is 9.21 Å². The van der Waals surface area contributed by atoms with E-state index in [0.717, 1.165) is 50.4 Å². The molecule has 1 aromatic heterocycles. The van der Waals surface area contributed by atoms with Gasteiger partial charge in [-0.1, -0.05) is 46.9 Å². The number of likely N-dealkylation sites (tertiary alicyclic amines) is 1. The molecule has 6 rings (SSSR count). The van der Waals surface area contributed by atoms with E-state index in [4.69, 9.17) is 44.6 Å². The first-order valence-corrected chi connectivity index (χ1v) is 15.1. The van der Waals surface area contributed by atoms with Gasteiger partial charge in [0.2, 0.25) is 10.0 Å². The van der Waals surface area contributed by atoms with E-state index in [2.05, 4.69) is 4.90 Å².